The fourth-order valence-corrected chi connectivity index (χ4v) is 3.47. The number of carbonyl (C=O) groups excluding carboxylic acids is 1. The molecule has 6 heteroatoms. The van der Waals surface area contributed by atoms with Crippen LogP contribution in [0.2, 0.25) is 0 Å². The van der Waals surface area contributed by atoms with E-state index < -0.39 is 0 Å². The lowest BCUT2D eigenvalue weighted by Gasteiger charge is -2.14. The van der Waals surface area contributed by atoms with Gasteiger partial charge in [0.1, 0.15) is 5.82 Å². The van der Waals surface area contributed by atoms with Crippen LogP contribution in [0.15, 0.2) is 65.8 Å². The van der Waals surface area contributed by atoms with Crippen LogP contribution in [-0.2, 0) is 5.75 Å². The summed E-state index contributed by atoms with van der Waals surface area (Å²) in [6, 6.07) is 19.8. The molecule has 1 amide bonds. The molecular formula is C22H24N4OS. The van der Waals surface area contributed by atoms with E-state index in [0.29, 0.717) is 23.0 Å². The Morgan fingerprint density at radius 1 is 1.04 bits per heavy atom. The molecule has 0 spiro atoms. The summed E-state index contributed by atoms with van der Waals surface area (Å²) >= 11 is 1.57. The van der Waals surface area contributed by atoms with Crippen molar-refractivity contribution in [3.8, 4) is 11.3 Å². The van der Waals surface area contributed by atoms with Gasteiger partial charge in [0.15, 0.2) is 5.16 Å². The number of nitrogens with one attached hydrogen (secondary N) is 1. The molecule has 1 N–H and O–H groups in total. The van der Waals surface area contributed by atoms with Crippen LogP contribution in [0.1, 0.15) is 22.8 Å². The van der Waals surface area contributed by atoms with Crippen LogP contribution >= 0.6 is 11.8 Å². The Morgan fingerprint density at radius 2 is 1.82 bits per heavy atom. The van der Waals surface area contributed by atoms with Gasteiger partial charge >= 0.3 is 0 Å². The van der Waals surface area contributed by atoms with E-state index in [-0.39, 0.29) is 5.91 Å². The first-order valence-corrected chi connectivity index (χ1v) is 10.2. The molecule has 0 aliphatic carbocycles. The van der Waals surface area contributed by atoms with Crippen molar-refractivity contribution >= 4 is 23.5 Å². The molecule has 5 nitrogen and oxygen atoms in total. The SMILES string of the molecule is CCNC(=O)c1cccc(CSc2nc(-c3ccccc3)cc(N(C)C)n2)c1. The zero-order valence-corrected chi connectivity index (χ0v) is 17.2. The number of thioether (sulfide) groups is 1. The molecule has 144 valence electrons. The van der Waals surface area contributed by atoms with E-state index >= 15 is 0 Å². The average molecular weight is 393 g/mol. The van der Waals surface area contributed by atoms with E-state index in [1.165, 1.54) is 0 Å². The Kier molecular flexibility index (Phi) is 6.66. The minimum Gasteiger partial charge on any atom is -0.363 e. The zero-order valence-electron chi connectivity index (χ0n) is 16.3. The molecule has 0 atom stereocenters. The van der Waals surface area contributed by atoms with Crippen molar-refractivity contribution in [2.45, 2.75) is 17.8 Å². The third kappa shape index (κ3) is 5.10. The quantitative estimate of drug-likeness (QED) is 0.481. The van der Waals surface area contributed by atoms with Gasteiger partial charge in [0.2, 0.25) is 0 Å². The lowest BCUT2D eigenvalue weighted by atomic mass is 10.1. The van der Waals surface area contributed by atoms with Crippen LogP contribution in [-0.4, -0.2) is 36.5 Å². The smallest absolute Gasteiger partial charge is 0.251 e. The Hall–Kier alpha value is -2.86. The first-order chi connectivity index (χ1) is 13.6. The second-order valence-electron chi connectivity index (χ2n) is 6.50. The first-order valence-electron chi connectivity index (χ1n) is 9.18. The maximum atomic E-state index is 12.0. The van der Waals surface area contributed by atoms with Crippen molar-refractivity contribution in [1.29, 1.82) is 0 Å². The molecule has 0 bridgehead atoms. The molecule has 3 aromatic rings. The monoisotopic (exact) mass is 392 g/mol. The Balaban J connectivity index is 1.82. The van der Waals surface area contributed by atoms with Crippen molar-refractivity contribution in [2.24, 2.45) is 0 Å². The maximum absolute atomic E-state index is 12.0. The van der Waals surface area contributed by atoms with Gasteiger partial charge in [-0.05, 0) is 24.6 Å². The van der Waals surface area contributed by atoms with Gasteiger partial charge in [-0.2, -0.15) is 0 Å². The first kappa shape index (κ1) is 19.9. The molecule has 28 heavy (non-hydrogen) atoms. The van der Waals surface area contributed by atoms with Gasteiger partial charge in [-0.1, -0.05) is 54.2 Å². The van der Waals surface area contributed by atoms with Crippen molar-refractivity contribution in [3.05, 3.63) is 71.8 Å². The Labute approximate surface area is 170 Å². The predicted octanol–water partition coefficient (Wildman–Crippen LogP) is 4.25. The summed E-state index contributed by atoms with van der Waals surface area (Å²) in [5, 5.41) is 3.55. The fraction of sp³-hybridized carbons (Fsp3) is 0.227. The van der Waals surface area contributed by atoms with Crippen LogP contribution < -0.4 is 10.2 Å². The van der Waals surface area contributed by atoms with Crippen LogP contribution in [0.5, 0.6) is 0 Å². The number of hydrogen-bond donors (Lipinski definition) is 1. The standard InChI is InChI=1S/C22H24N4OS/c1-4-23-21(27)18-12-8-9-16(13-18)15-28-22-24-19(14-20(25-22)26(2)3)17-10-6-5-7-11-17/h5-14H,4,15H2,1-3H3,(H,23,27). The summed E-state index contributed by atoms with van der Waals surface area (Å²) in [4.78, 5) is 23.4. The molecule has 1 aromatic heterocycles. The molecule has 0 saturated heterocycles. The van der Waals surface area contributed by atoms with Gasteiger partial charge in [-0.15, -0.1) is 0 Å². The molecule has 1 heterocycles. The van der Waals surface area contributed by atoms with Gasteiger partial charge in [0.05, 0.1) is 5.69 Å². The summed E-state index contributed by atoms with van der Waals surface area (Å²) in [6.45, 7) is 2.53. The molecule has 0 aliphatic rings. The molecule has 2 aromatic carbocycles. The van der Waals surface area contributed by atoms with Crippen LogP contribution in [0.25, 0.3) is 11.3 Å². The highest BCUT2D eigenvalue weighted by molar-refractivity contribution is 7.98. The summed E-state index contributed by atoms with van der Waals surface area (Å²) in [6.07, 6.45) is 0. The summed E-state index contributed by atoms with van der Waals surface area (Å²) < 4.78 is 0. The van der Waals surface area contributed by atoms with Crippen LogP contribution in [0, 0.1) is 0 Å². The molecule has 0 unspecified atom stereocenters. The predicted molar refractivity (Wildman–Crippen MR) is 116 cm³/mol. The number of anilines is 1. The molecule has 0 saturated carbocycles. The van der Waals surface area contributed by atoms with Gasteiger partial charge < -0.3 is 10.2 Å². The molecule has 0 radical (unpaired) electrons. The number of hydrogen-bond acceptors (Lipinski definition) is 5. The van der Waals surface area contributed by atoms with Gasteiger partial charge in [-0.3, -0.25) is 4.79 Å². The van der Waals surface area contributed by atoms with E-state index in [1.54, 1.807) is 11.8 Å². The highest BCUT2D eigenvalue weighted by Gasteiger charge is 2.10. The fourth-order valence-electron chi connectivity index (χ4n) is 2.68. The van der Waals surface area contributed by atoms with Crippen LogP contribution in [0.3, 0.4) is 0 Å². The van der Waals surface area contributed by atoms with E-state index in [4.69, 9.17) is 4.98 Å². The number of carbonyl (C=O) groups is 1. The molecule has 0 aliphatic heterocycles. The summed E-state index contributed by atoms with van der Waals surface area (Å²) in [5.41, 5.74) is 3.70. The third-order valence-corrected chi connectivity index (χ3v) is 5.03. The summed E-state index contributed by atoms with van der Waals surface area (Å²) in [5.74, 6) is 1.51. The minimum atomic E-state index is -0.0495. The van der Waals surface area contributed by atoms with E-state index in [1.807, 2.05) is 86.6 Å². The van der Waals surface area contributed by atoms with Crippen molar-refractivity contribution in [2.75, 3.05) is 25.5 Å². The molecular weight excluding hydrogens is 368 g/mol. The van der Waals surface area contributed by atoms with Crippen molar-refractivity contribution in [3.63, 3.8) is 0 Å². The van der Waals surface area contributed by atoms with Gasteiger partial charge in [0, 0.05) is 43.6 Å². The number of aromatic nitrogens is 2. The maximum Gasteiger partial charge on any atom is 0.251 e. The van der Waals surface area contributed by atoms with Crippen molar-refractivity contribution in [1.82, 2.24) is 15.3 Å². The van der Waals surface area contributed by atoms with Crippen LogP contribution in [0.4, 0.5) is 5.82 Å². The average Bonchev–Trinajstić information content (AvgIpc) is 2.73. The zero-order chi connectivity index (χ0) is 19.9. The topological polar surface area (TPSA) is 58.1 Å². The van der Waals surface area contributed by atoms with E-state index in [9.17, 15) is 4.79 Å². The summed E-state index contributed by atoms with van der Waals surface area (Å²) in [7, 11) is 3.95. The number of benzene rings is 2. The normalized spacial score (nSPS) is 10.5. The number of nitrogens with zero attached hydrogens (tertiary/aromatic N) is 3. The lowest BCUT2D eigenvalue weighted by Crippen LogP contribution is -2.22. The second kappa shape index (κ2) is 9.37. The number of amides is 1. The van der Waals surface area contributed by atoms with Crippen molar-refractivity contribution < 1.29 is 4.79 Å². The van der Waals surface area contributed by atoms with E-state index in [0.717, 1.165) is 22.6 Å². The Bertz CT molecular complexity index is 944. The molecule has 0 fully saturated rings. The highest BCUT2D eigenvalue weighted by Crippen LogP contribution is 2.27. The lowest BCUT2D eigenvalue weighted by molar-refractivity contribution is 0.0955. The largest absolute Gasteiger partial charge is 0.363 e. The number of rotatable bonds is 7. The van der Waals surface area contributed by atoms with Gasteiger partial charge in [-0.25, -0.2) is 9.97 Å². The minimum absolute atomic E-state index is 0.0495. The third-order valence-electron chi connectivity index (χ3n) is 4.11. The van der Waals surface area contributed by atoms with E-state index in [2.05, 4.69) is 10.3 Å². The second-order valence-corrected chi connectivity index (χ2v) is 7.45. The highest BCUT2D eigenvalue weighted by atomic mass is 32.2. The Morgan fingerprint density at radius 3 is 2.54 bits per heavy atom. The molecule has 3 rings (SSSR count). The van der Waals surface area contributed by atoms with Gasteiger partial charge in [0.25, 0.3) is 5.91 Å².